The third-order valence-corrected chi connectivity index (χ3v) is 3.94. The Labute approximate surface area is 148 Å². The Morgan fingerprint density at radius 1 is 1.04 bits per heavy atom. The number of hydrogen-bond acceptors (Lipinski definition) is 5. The van der Waals surface area contributed by atoms with Crippen molar-refractivity contribution < 1.29 is 9.72 Å². The topological polar surface area (TPSA) is 85.1 Å². The lowest BCUT2D eigenvalue weighted by atomic mass is 10.00. The van der Waals surface area contributed by atoms with Crippen LogP contribution in [0.25, 0.3) is 11.1 Å². The maximum atomic E-state index is 11.5. The van der Waals surface area contributed by atoms with E-state index >= 15 is 0 Å². The number of nitrogens with one attached hydrogen (secondary N) is 1. The number of para-hydroxylation sites is 1. The van der Waals surface area contributed by atoms with Crippen molar-refractivity contribution in [2.24, 2.45) is 0 Å². The summed E-state index contributed by atoms with van der Waals surface area (Å²) in [5.41, 5.74) is 1.92. The monoisotopic (exact) mass is 353 g/mol. The number of hydrogen-bond donors (Lipinski definition) is 1. The van der Waals surface area contributed by atoms with Crippen molar-refractivity contribution in [3.63, 3.8) is 0 Å². The molecule has 0 aliphatic carbocycles. The quantitative estimate of drug-likeness (QED) is 0.402. The molecule has 1 heterocycles. The van der Waals surface area contributed by atoms with E-state index in [1.54, 1.807) is 30.3 Å². The van der Waals surface area contributed by atoms with E-state index in [2.05, 4.69) is 10.3 Å². The predicted octanol–water partition coefficient (Wildman–Crippen LogP) is 4.87. The second-order valence-electron chi connectivity index (χ2n) is 5.12. The lowest BCUT2D eigenvalue weighted by molar-refractivity contribution is -0.384. The molecule has 25 heavy (non-hydrogen) atoms. The highest BCUT2D eigenvalue weighted by atomic mass is 35.5. The molecule has 0 aliphatic rings. The van der Waals surface area contributed by atoms with Gasteiger partial charge < -0.3 is 5.32 Å². The summed E-state index contributed by atoms with van der Waals surface area (Å²) in [5.74, 6) is 0.0510. The Morgan fingerprint density at radius 3 is 2.52 bits per heavy atom. The zero-order valence-electron chi connectivity index (χ0n) is 12.8. The van der Waals surface area contributed by atoms with Crippen LogP contribution in [0.1, 0.15) is 10.4 Å². The van der Waals surface area contributed by atoms with Crippen LogP contribution in [-0.4, -0.2) is 16.2 Å². The molecule has 0 saturated carbocycles. The molecule has 0 spiro atoms. The third-order valence-electron chi connectivity index (χ3n) is 3.61. The minimum atomic E-state index is -0.534. The molecule has 0 amide bonds. The van der Waals surface area contributed by atoms with E-state index in [9.17, 15) is 14.9 Å². The maximum Gasteiger partial charge on any atom is 0.311 e. The summed E-state index contributed by atoms with van der Waals surface area (Å²) in [6.45, 7) is 0. The second kappa shape index (κ2) is 7.11. The Bertz CT molecular complexity index is 960. The molecule has 0 fully saturated rings. The Balaban J connectivity index is 2.18. The van der Waals surface area contributed by atoms with Gasteiger partial charge in [-0.3, -0.25) is 14.9 Å². The summed E-state index contributed by atoms with van der Waals surface area (Å²) in [6.07, 6.45) is 2.12. The average Bonchev–Trinajstić information content (AvgIpc) is 2.63. The van der Waals surface area contributed by atoms with Gasteiger partial charge in [0.05, 0.1) is 10.6 Å². The first-order valence-electron chi connectivity index (χ1n) is 7.31. The first-order valence-corrected chi connectivity index (χ1v) is 7.69. The van der Waals surface area contributed by atoms with Gasteiger partial charge in [-0.05, 0) is 18.2 Å². The van der Waals surface area contributed by atoms with Crippen molar-refractivity contribution in [3.8, 4) is 11.1 Å². The summed E-state index contributed by atoms with van der Waals surface area (Å²) in [7, 11) is 0. The molecule has 0 unspecified atom stereocenters. The number of pyridine rings is 1. The number of nitro groups is 1. The van der Waals surface area contributed by atoms with Crippen molar-refractivity contribution in [3.05, 3.63) is 81.5 Å². The van der Waals surface area contributed by atoms with Crippen molar-refractivity contribution in [1.82, 2.24) is 4.98 Å². The number of aldehydes is 1. The van der Waals surface area contributed by atoms with E-state index < -0.39 is 4.92 Å². The summed E-state index contributed by atoms with van der Waals surface area (Å²) >= 11 is 6.27. The van der Waals surface area contributed by atoms with Crippen LogP contribution >= 0.6 is 11.6 Å². The molecule has 0 atom stereocenters. The van der Waals surface area contributed by atoms with Crippen LogP contribution in [0.15, 0.2) is 60.8 Å². The molecule has 3 aromatic rings. The lowest BCUT2D eigenvalue weighted by Gasteiger charge is -2.15. The van der Waals surface area contributed by atoms with E-state index in [0.717, 1.165) is 0 Å². The smallest absolute Gasteiger partial charge is 0.311 e. The van der Waals surface area contributed by atoms with E-state index in [4.69, 9.17) is 11.6 Å². The van der Waals surface area contributed by atoms with Gasteiger partial charge in [-0.2, -0.15) is 0 Å². The Hall–Kier alpha value is -3.25. The summed E-state index contributed by atoms with van der Waals surface area (Å²) in [5, 5.41) is 14.6. The van der Waals surface area contributed by atoms with Gasteiger partial charge in [-0.25, -0.2) is 4.98 Å². The number of carbonyl (C=O) groups is 1. The fraction of sp³-hybridized carbons (Fsp3) is 0. The predicted molar refractivity (Wildman–Crippen MR) is 96.4 cm³/mol. The van der Waals surface area contributed by atoms with Crippen LogP contribution in [0, 0.1) is 10.1 Å². The Morgan fingerprint density at radius 2 is 1.80 bits per heavy atom. The van der Waals surface area contributed by atoms with Crippen molar-refractivity contribution in [2.75, 3.05) is 5.32 Å². The number of rotatable bonds is 5. The molecular weight excluding hydrogens is 342 g/mol. The normalized spacial score (nSPS) is 10.3. The summed E-state index contributed by atoms with van der Waals surface area (Å²) < 4.78 is 0. The van der Waals surface area contributed by atoms with Gasteiger partial charge in [-0.1, -0.05) is 41.9 Å². The zero-order valence-corrected chi connectivity index (χ0v) is 13.6. The number of benzene rings is 2. The molecular formula is C18H12ClN3O3. The highest BCUT2D eigenvalue weighted by Crippen LogP contribution is 2.37. The highest BCUT2D eigenvalue weighted by molar-refractivity contribution is 6.33. The van der Waals surface area contributed by atoms with Gasteiger partial charge in [0.1, 0.15) is 0 Å². The zero-order chi connectivity index (χ0) is 17.8. The first-order chi connectivity index (χ1) is 12.1. The molecule has 7 heteroatoms. The van der Waals surface area contributed by atoms with Crippen molar-refractivity contribution in [2.45, 2.75) is 0 Å². The minimum Gasteiger partial charge on any atom is -0.333 e. The molecule has 1 N–H and O–H groups in total. The van der Waals surface area contributed by atoms with Gasteiger partial charge in [0, 0.05) is 34.0 Å². The third kappa shape index (κ3) is 3.34. The number of aromatic nitrogens is 1. The fourth-order valence-electron chi connectivity index (χ4n) is 2.47. The number of carbonyl (C=O) groups excluding carboxylic acids is 1. The number of anilines is 2. The second-order valence-corrected chi connectivity index (χ2v) is 5.53. The van der Waals surface area contributed by atoms with Gasteiger partial charge in [-0.15, -0.1) is 0 Å². The first kappa shape index (κ1) is 16.6. The molecule has 0 radical (unpaired) electrons. The average molecular weight is 354 g/mol. The van der Waals surface area contributed by atoms with E-state index in [0.29, 0.717) is 33.7 Å². The van der Waals surface area contributed by atoms with Crippen molar-refractivity contribution >= 4 is 35.1 Å². The largest absolute Gasteiger partial charge is 0.333 e. The van der Waals surface area contributed by atoms with Crippen LogP contribution < -0.4 is 5.32 Å². The highest BCUT2D eigenvalue weighted by Gasteiger charge is 2.18. The molecule has 124 valence electrons. The molecule has 0 bridgehead atoms. The number of halogens is 1. The summed E-state index contributed by atoms with van der Waals surface area (Å²) in [6, 6.07) is 15.1. The lowest BCUT2D eigenvalue weighted by Crippen LogP contribution is -2.03. The van der Waals surface area contributed by atoms with E-state index in [-0.39, 0.29) is 11.5 Å². The maximum absolute atomic E-state index is 11.5. The van der Waals surface area contributed by atoms with Crippen LogP contribution in [0.5, 0.6) is 0 Å². The SMILES string of the molecule is O=Cc1cccc(-c2ccccc2Cl)c1Nc1ncccc1[N+](=O)[O-]. The molecule has 1 aromatic heterocycles. The molecule has 0 aliphatic heterocycles. The molecule has 0 saturated heterocycles. The molecule has 2 aromatic carbocycles. The fourth-order valence-corrected chi connectivity index (χ4v) is 2.71. The number of nitrogens with zero attached hydrogens (tertiary/aromatic N) is 2. The van der Waals surface area contributed by atoms with E-state index in [1.807, 2.05) is 12.1 Å². The summed E-state index contributed by atoms with van der Waals surface area (Å²) in [4.78, 5) is 26.2. The van der Waals surface area contributed by atoms with Gasteiger partial charge in [0.15, 0.2) is 6.29 Å². The standard InChI is InChI=1S/C18H12ClN3O3/c19-15-8-2-1-6-13(15)14-7-3-5-12(11-23)17(14)21-18-16(22(24)25)9-4-10-20-18/h1-11H,(H,20,21). The van der Waals surface area contributed by atoms with Gasteiger partial charge >= 0.3 is 5.69 Å². The minimum absolute atomic E-state index is 0.0510. The van der Waals surface area contributed by atoms with Gasteiger partial charge in [0.25, 0.3) is 0 Å². The molecule has 3 rings (SSSR count). The molecule has 6 nitrogen and oxygen atoms in total. The van der Waals surface area contributed by atoms with Gasteiger partial charge in [0.2, 0.25) is 5.82 Å². The van der Waals surface area contributed by atoms with E-state index in [1.165, 1.54) is 18.3 Å². The van der Waals surface area contributed by atoms with Crippen LogP contribution in [-0.2, 0) is 0 Å². The Kier molecular flexibility index (Phi) is 4.72. The van der Waals surface area contributed by atoms with Crippen LogP contribution in [0.4, 0.5) is 17.2 Å². The van der Waals surface area contributed by atoms with Crippen molar-refractivity contribution in [1.29, 1.82) is 0 Å². The van der Waals surface area contributed by atoms with Crippen LogP contribution in [0.2, 0.25) is 5.02 Å². The van der Waals surface area contributed by atoms with Crippen LogP contribution in [0.3, 0.4) is 0 Å².